The van der Waals surface area contributed by atoms with Gasteiger partial charge in [-0.3, -0.25) is 0 Å². The molecule has 0 saturated carbocycles. The van der Waals surface area contributed by atoms with Gasteiger partial charge >= 0.3 is 11.9 Å². The van der Waals surface area contributed by atoms with Gasteiger partial charge in [0, 0.05) is 24.0 Å². The number of fused-ring (bicyclic) bond motifs is 2. The quantitative estimate of drug-likeness (QED) is 0.351. The molecule has 2 fully saturated rings. The van der Waals surface area contributed by atoms with Crippen LogP contribution >= 0.6 is 0 Å². The fraction of sp³-hybridized carbons (Fsp3) is 0.600. The topological polar surface area (TPSA) is 85.4 Å². The zero-order chi connectivity index (χ0) is 19.2. The number of epoxide rings is 1. The van der Waals surface area contributed by atoms with Crippen molar-refractivity contribution in [3.8, 4) is 0 Å². The van der Waals surface area contributed by atoms with E-state index in [2.05, 4.69) is 6.58 Å². The fourth-order valence-corrected chi connectivity index (χ4v) is 3.70. The van der Waals surface area contributed by atoms with Gasteiger partial charge in [-0.25, -0.2) is 9.59 Å². The maximum atomic E-state index is 12.4. The molecular formula is C20H26O6. The highest BCUT2D eigenvalue weighted by atomic mass is 16.6. The summed E-state index contributed by atoms with van der Waals surface area (Å²) in [5.41, 5.74) is 0.974. The maximum Gasteiger partial charge on any atom is 0.334 e. The summed E-state index contributed by atoms with van der Waals surface area (Å²) in [5, 5.41) is 10.4. The predicted molar refractivity (Wildman–Crippen MR) is 94.1 cm³/mol. The molecule has 26 heavy (non-hydrogen) atoms. The molecule has 2 aliphatic heterocycles. The van der Waals surface area contributed by atoms with Gasteiger partial charge in [0.1, 0.15) is 12.2 Å². The molecule has 142 valence electrons. The monoisotopic (exact) mass is 362 g/mol. The highest BCUT2D eigenvalue weighted by Crippen LogP contribution is 2.47. The lowest BCUT2D eigenvalue weighted by Crippen LogP contribution is -2.37. The molecule has 0 radical (unpaired) electrons. The summed E-state index contributed by atoms with van der Waals surface area (Å²) < 4.78 is 17.0. The van der Waals surface area contributed by atoms with Gasteiger partial charge in [0.05, 0.1) is 23.7 Å². The molecular weight excluding hydrogens is 336 g/mol. The van der Waals surface area contributed by atoms with Crippen molar-refractivity contribution in [2.24, 2.45) is 5.92 Å². The van der Waals surface area contributed by atoms with Gasteiger partial charge in [-0.2, -0.15) is 0 Å². The molecule has 0 bridgehead atoms. The molecule has 0 spiro atoms. The third-order valence-electron chi connectivity index (χ3n) is 5.71. The third-order valence-corrected chi connectivity index (χ3v) is 5.71. The Labute approximate surface area is 153 Å². The summed E-state index contributed by atoms with van der Waals surface area (Å²) in [4.78, 5) is 24.5. The van der Waals surface area contributed by atoms with Crippen molar-refractivity contribution >= 4 is 11.9 Å². The minimum Gasteiger partial charge on any atom is -0.458 e. The van der Waals surface area contributed by atoms with Crippen molar-refractivity contribution in [2.75, 3.05) is 0 Å². The summed E-state index contributed by atoms with van der Waals surface area (Å²) in [5.74, 6) is -1.43. The molecule has 0 amide bonds. The van der Waals surface area contributed by atoms with E-state index < -0.39 is 41.8 Å². The van der Waals surface area contributed by atoms with Gasteiger partial charge < -0.3 is 19.3 Å². The Balaban J connectivity index is 1.98. The molecule has 2 saturated heterocycles. The average molecular weight is 362 g/mol. The van der Waals surface area contributed by atoms with E-state index in [1.165, 1.54) is 0 Å². The molecule has 0 unspecified atom stereocenters. The Hall–Kier alpha value is -1.92. The lowest BCUT2D eigenvalue weighted by molar-refractivity contribution is -0.148. The van der Waals surface area contributed by atoms with Gasteiger partial charge in [0.25, 0.3) is 0 Å². The van der Waals surface area contributed by atoms with Gasteiger partial charge in [-0.15, -0.1) is 0 Å². The van der Waals surface area contributed by atoms with Gasteiger partial charge in [0.2, 0.25) is 0 Å². The second-order valence-corrected chi connectivity index (χ2v) is 7.62. The number of aliphatic hydroxyl groups excluding tert-OH is 1. The van der Waals surface area contributed by atoms with Crippen LogP contribution in [0.25, 0.3) is 0 Å². The predicted octanol–water partition coefficient (Wildman–Crippen LogP) is 2.22. The molecule has 3 aliphatic rings. The number of allylic oxidation sites excluding steroid dienone is 1. The van der Waals surface area contributed by atoms with Crippen LogP contribution < -0.4 is 0 Å². The maximum absolute atomic E-state index is 12.4. The Kier molecular flexibility index (Phi) is 4.84. The zero-order valence-corrected chi connectivity index (χ0v) is 15.7. The van der Waals surface area contributed by atoms with E-state index in [1.54, 1.807) is 32.9 Å². The number of hydrogen-bond acceptors (Lipinski definition) is 6. The molecule has 2 heterocycles. The number of esters is 2. The van der Waals surface area contributed by atoms with Gasteiger partial charge in [-0.1, -0.05) is 12.7 Å². The molecule has 6 nitrogen and oxygen atoms in total. The van der Waals surface area contributed by atoms with E-state index in [1.807, 2.05) is 6.92 Å². The zero-order valence-electron chi connectivity index (χ0n) is 15.7. The van der Waals surface area contributed by atoms with Gasteiger partial charge in [0.15, 0.2) is 0 Å². The molecule has 6 atom stereocenters. The standard InChI is InChI=1S/C20H26O6/c1-6-10(2)18(22)25-15-9-20(5)16(26-20)8-13(21)11(3)7-14-17(15)12(4)19(23)24-14/h6-7,13-17,21H,4,8-9H2,1-3,5H3/b10-6+,11-7-/t13-,14-,15-,16-,17-,20+/m0/s1. The van der Waals surface area contributed by atoms with E-state index in [-0.39, 0.29) is 11.7 Å². The van der Waals surface area contributed by atoms with Crippen LogP contribution in [-0.2, 0) is 23.8 Å². The number of ether oxygens (including phenoxy) is 3. The van der Waals surface area contributed by atoms with Crippen LogP contribution in [0.4, 0.5) is 0 Å². The average Bonchev–Trinajstić information content (AvgIpc) is 3.11. The SMILES string of the molecule is C=C1C(=O)O[C@H]2/C=C(/C)[C@@H](O)C[C@@H]3O[C@]3(C)C[C@H](OC(=O)/C(C)=C/C)[C@@H]12. The number of rotatable bonds is 2. The number of hydrogen-bond donors (Lipinski definition) is 1. The summed E-state index contributed by atoms with van der Waals surface area (Å²) in [6.45, 7) is 11.0. The van der Waals surface area contributed by atoms with E-state index in [0.717, 1.165) is 0 Å². The van der Waals surface area contributed by atoms with Crippen LogP contribution in [0.2, 0.25) is 0 Å². The normalized spacial score (nSPS) is 42.1. The summed E-state index contributed by atoms with van der Waals surface area (Å²) >= 11 is 0. The third kappa shape index (κ3) is 3.35. The van der Waals surface area contributed by atoms with Crippen molar-refractivity contribution in [3.05, 3.63) is 35.5 Å². The van der Waals surface area contributed by atoms with E-state index in [0.29, 0.717) is 24.0 Å². The van der Waals surface area contributed by atoms with Crippen LogP contribution in [-0.4, -0.2) is 47.1 Å². The van der Waals surface area contributed by atoms with Crippen LogP contribution in [0.15, 0.2) is 35.5 Å². The lowest BCUT2D eigenvalue weighted by Gasteiger charge is -2.29. The molecule has 1 aliphatic carbocycles. The van der Waals surface area contributed by atoms with E-state index in [4.69, 9.17) is 14.2 Å². The smallest absolute Gasteiger partial charge is 0.334 e. The summed E-state index contributed by atoms with van der Waals surface area (Å²) in [6, 6.07) is 0. The van der Waals surface area contributed by atoms with Crippen molar-refractivity contribution < 1.29 is 28.9 Å². The molecule has 6 heteroatoms. The Morgan fingerprint density at radius 1 is 1.50 bits per heavy atom. The lowest BCUT2D eigenvalue weighted by atomic mass is 9.82. The molecule has 0 aromatic rings. The van der Waals surface area contributed by atoms with Gasteiger partial charge in [-0.05, 0) is 39.3 Å². The fourth-order valence-electron chi connectivity index (χ4n) is 3.70. The van der Waals surface area contributed by atoms with Crippen LogP contribution in [0.5, 0.6) is 0 Å². The number of carbonyl (C=O) groups excluding carboxylic acids is 2. The van der Waals surface area contributed by atoms with Crippen molar-refractivity contribution in [3.63, 3.8) is 0 Å². The Bertz CT molecular complexity index is 705. The first-order chi connectivity index (χ1) is 12.2. The molecule has 1 N–H and O–H groups in total. The van der Waals surface area contributed by atoms with Crippen molar-refractivity contribution in [1.29, 1.82) is 0 Å². The molecule has 0 aromatic heterocycles. The second-order valence-electron chi connectivity index (χ2n) is 7.62. The van der Waals surface area contributed by atoms with E-state index in [9.17, 15) is 14.7 Å². The minimum atomic E-state index is -0.667. The van der Waals surface area contributed by atoms with Crippen molar-refractivity contribution in [1.82, 2.24) is 0 Å². The number of carbonyl (C=O) groups is 2. The largest absolute Gasteiger partial charge is 0.458 e. The molecule has 0 aromatic carbocycles. The Morgan fingerprint density at radius 2 is 2.19 bits per heavy atom. The van der Waals surface area contributed by atoms with Crippen LogP contribution in [0.1, 0.15) is 40.5 Å². The Morgan fingerprint density at radius 3 is 2.85 bits per heavy atom. The minimum absolute atomic E-state index is 0.118. The van der Waals surface area contributed by atoms with Crippen molar-refractivity contribution in [2.45, 2.75) is 70.6 Å². The summed E-state index contributed by atoms with van der Waals surface area (Å²) in [7, 11) is 0. The highest BCUT2D eigenvalue weighted by Gasteiger charge is 2.57. The molecule has 3 rings (SSSR count). The number of aliphatic hydroxyl groups is 1. The van der Waals surface area contributed by atoms with Crippen LogP contribution in [0, 0.1) is 5.92 Å². The first-order valence-corrected chi connectivity index (χ1v) is 8.94. The van der Waals surface area contributed by atoms with Crippen LogP contribution in [0.3, 0.4) is 0 Å². The highest BCUT2D eigenvalue weighted by molar-refractivity contribution is 5.92. The first kappa shape index (κ1) is 18.9. The second kappa shape index (κ2) is 6.67. The first-order valence-electron chi connectivity index (χ1n) is 8.94. The summed E-state index contributed by atoms with van der Waals surface area (Å²) in [6.07, 6.45) is 2.29. The van der Waals surface area contributed by atoms with E-state index >= 15 is 0 Å².